The van der Waals surface area contributed by atoms with Gasteiger partial charge >= 0.3 is 5.69 Å². The Kier molecular flexibility index (Phi) is 5.38. The average Bonchev–Trinajstić information content (AvgIpc) is 3.31. The van der Waals surface area contributed by atoms with Crippen molar-refractivity contribution in [1.29, 1.82) is 0 Å². The summed E-state index contributed by atoms with van der Waals surface area (Å²) >= 11 is 1.26. The number of carbonyl (C=O) groups excluding carboxylic acids is 1. The summed E-state index contributed by atoms with van der Waals surface area (Å²) in [5, 5.41) is 7.25. The number of halogens is 1. The number of thiophene rings is 1. The van der Waals surface area contributed by atoms with E-state index in [0.29, 0.717) is 30.0 Å². The molecule has 6 nitrogen and oxygen atoms in total. The lowest BCUT2D eigenvalue weighted by Gasteiger charge is -2.09. The van der Waals surface area contributed by atoms with Crippen molar-refractivity contribution >= 4 is 17.2 Å². The minimum atomic E-state index is -0.301. The zero-order valence-electron chi connectivity index (χ0n) is 15.4. The van der Waals surface area contributed by atoms with Gasteiger partial charge in [0.15, 0.2) is 0 Å². The SMILES string of the molecule is O=C(NCCCn1nc2n(c1=O)CCCC2)c1ccc(-c2ccccc2F)s1. The second-order valence-corrected chi connectivity index (χ2v) is 7.87. The van der Waals surface area contributed by atoms with E-state index in [9.17, 15) is 14.0 Å². The standard InChI is InChI=1S/C20H21FN4O2S/c21-15-7-2-1-6-14(15)16-9-10-17(28-16)19(26)22-11-5-13-25-20(27)24-12-4-3-8-18(24)23-25/h1-2,6-7,9-10H,3-5,8,11-13H2,(H,22,26). The number of amides is 1. The number of aromatic nitrogens is 3. The van der Waals surface area contributed by atoms with Crippen molar-refractivity contribution in [2.24, 2.45) is 0 Å². The van der Waals surface area contributed by atoms with Gasteiger partial charge in [0, 0.05) is 36.5 Å². The van der Waals surface area contributed by atoms with Crippen LogP contribution in [-0.2, 0) is 19.5 Å². The molecule has 1 amide bonds. The van der Waals surface area contributed by atoms with E-state index in [4.69, 9.17) is 0 Å². The van der Waals surface area contributed by atoms with E-state index in [0.717, 1.165) is 36.5 Å². The minimum absolute atomic E-state index is 0.0613. The quantitative estimate of drug-likeness (QED) is 0.647. The highest BCUT2D eigenvalue weighted by Crippen LogP contribution is 2.29. The van der Waals surface area contributed by atoms with Crippen molar-refractivity contribution in [2.45, 2.75) is 38.8 Å². The largest absolute Gasteiger partial charge is 0.351 e. The van der Waals surface area contributed by atoms with E-state index in [1.807, 2.05) is 0 Å². The van der Waals surface area contributed by atoms with Gasteiger partial charge in [0.2, 0.25) is 0 Å². The van der Waals surface area contributed by atoms with Gasteiger partial charge in [-0.15, -0.1) is 11.3 Å². The molecule has 0 bridgehead atoms. The summed E-state index contributed by atoms with van der Waals surface area (Å²) < 4.78 is 17.1. The lowest BCUT2D eigenvalue weighted by atomic mass is 10.2. The molecular weight excluding hydrogens is 379 g/mol. The summed E-state index contributed by atoms with van der Waals surface area (Å²) in [6.45, 7) is 1.66. The number of rotatable bonds is 6. The number of hydrogen-bond donors (Lipinski definition) is 1. The molecule has 3 aromatic rings. The molecule has 0 unspecified atom stereocenters. The maximum Gasteiger partial charge on any atom is 0.345 e. The van der Waals surface area contributed by atoms with Crippen molar-refractivity contribution in [3.63, 3.8) is 0 Å². The van der Waals surface area contributed by atoms with E-state index in [2.05, 4.69) is 10.4 Å². The Hall–Kier alpha value is -2.74. The molecule has 0 aliphatic carbocycles. The first kappa shape index (κ1) is 18.6. The molecule has 0 saturated heterocycles. The van der Waals surface area contributed by atoms with Gasteiger partial charge in [0.1, 0.15) is 11.6 Å². The van der Waals surface area contributed by atoms with E-state index in [1.54, 1.807) is 34.9 Å². The number of nitrogens with zero attached hydrogens (tertiary/aromatic N) is 3. The van der Waals surface area contributed by atoms with Gasteiger partial charge in [-0.25, -0.2) is 13.9 Å². The fourth-order valence-electron chi connectivity index (χ4n) is 3.38. The Labute approximate surface area is 165 Å². The summed E-state index contributed by atoms with van der Waals surface area (Å²) in [6, 6.07) is 9.98. The van der Waals surface area contributed by atoms with Crippen molar-refractivity contribution in [2.75, 3.05) is 6.54 Å². The molecule has 2 aromatic heterocycles. The number of fused-ring (bicyclic) bond motifs is 1. The van der Waals surface area contributed by atoms with E-state index >= 15 is 0 Å². The maximum absolute atomic E-state index is 13.9. The molecule has 8 heteroatoms. The Morgan fingerprint density at radius 1 is 1.21 bits per heavy atom. The number of aryl methyl sites for hydroxylation is 2. The predicted octanol–water partition coefficient (Wildman–Crippen LogP) is 3.07. The van der Waals surface area contributed by atoms with Crippen LogP contribution >= 0.6 is 11.3 Å². The van der Waals surface area contributed by atoms with Crippen LogP contribution < -0.4 is 11.0 Å². The molecule has 28 heavy (non-hydrogen) atoms. The fraction of sp³-hybridized carbons (Fsp3) is 0.350. The van der Waals surface area contributed by atoms with Crippen LogP contribution in [0.15, 0.2) is 41.2 Å². The third-order valence-electron chi connectivity index (χ3n) is 4.83. The zero-order valence-corrected chi connectivity index (χ0v) is 16.2. The van der Waals surface area contributed by atoms with Crippen LogP contribution in [0.3, 0.4) is 0 Å². The van der Waals surface area contributed by atoms with Gasteiger partial charge in [0.25, 0.3) is 5.91 Å². The number of hydrogen-bond acceptors (Lipinski definition) is 4. The van der Waals surface area contributed by atoms with Gasteiger partial charge in [-0.2, -0.15) is 5.10 Å². The zero-order chi connectivity index (χ0) is 19.5. The monoisotopic (exact) mass is 400 g/mol. The molecule has 1 aliphatic heterocycles. The summed E-state index contributed by atoms with van der Waals surface area (Å²) in [5.41, 5.74) is 0.434. The average molecular weight is 400 g/mol. The van der Waals surface area contributed by atoms with Crippen LogP contribution in [0.5, 0.6) is 0 Å². The molecule has 0 radical (unpaired) electrons. The van der Waals surface area contributed by atoms with Crippen molar-refractivity contribution in [1.82, 2.24) is 19.7 Å². The molecule has 1 aliphatic rings. The first-order valence-corrected chi connectivity index (χ1v) is 10.2. The first-order valence-electron chi connectivity index (χ1n) is 9.43. The van der Waals surface area contributed by atoms with Crippen molar-refractivity contribution < 1.29 is 9.18 Å². The molecule has 146 valence electrons. The Bertz CT molecular complexity index is 1050. The predicted molar refractivity (Wildman–Crippen MR) is 106 cm³/mol. The third kappa shape index (κ3) is 3.77. The lowest BCUT2D eigenvalue weighted by molar-refractivity contribution is 0.0956. The third-order valence-corrected chi connectivity index (χ3v) is 5.95. The minimum Gasteiger partial charge on any atom is -0.351 e. The first-order chi connectivity index (χ1) is 13.6. The fourth-order valence-corrected chi connectivity index (χ4v) is 4.33. The molecule has 0 fully saturated rings. The molecule has 1 N–H and O–H groups in total. The van der Waals surface area contributed by atoms with Crippen LogP contribution in [0.25, 0.3) is 10.4 Å². The molecule has 1 aromatic carbocycles. The maximum atomic E-state index is 13.9. The van der Waals surface area contributed by atoms with Gasteiger partial charge in [-0.1, -0.05) is 18.2 Å². The van der Waals surface area contributed by atoms with Gasteiger partial charge in [-0.05, 0) is 37.5 Å². The van der Waals surface area contributed by atoms with E-state index in [-0.39, 0.29) is 17.4 Å². The highest BCUT2D eigenvalue weighted by Gasteiger charge is 2.16. The highest BCUT2D eigenvalue weighted by molar-refractivity contribution is 7.17. The molecule has 0 spiro atoms. The van der Waals surface area contributed by atoms with Crippen LogP contribution in [0, 0.1) is 5.82 Å². The Balaban J connectivity index is 1.31. The number of benzene rings is 1. The second kappa shape index (κ2) is 8.10. The van der Waals surface area contributed by atoms with Crippen LogP contribution in [-0.4, -0.2) is 26.8 Å². The second-order valence-electron chi connectivity index (χ2n) is 6.78. The van der Waals surface area contributed by atoms with E-state index < -0.39 is 0 Å². The molecule has 3 heterocycles. The van der Waals surface area contributed by atoms with Crippen LogP contribution in [0.2, 0.25) is 0 Å². The van der Waals surface area contributed by atoms with Crippen molar-refractivity contribution in [3.05, 3.63) is 63.4 Å². The number of nitrogens with one attached hydrogen (secondary N) is 1. The van der Waals surface area contributed by atoms with Crippen molar-refractivity contribution in [3.8, 4) is 10.4 Å². The van der Waals surface area contributed by atoms with E-state index in [1.165, 1.54) is 22.1 Å². The van der Waals surface area contributed by atoms with Crippen LogP contribution in [0.4, 0.5) is 4.39 Å². The van der Waals surface area contributed by atoms with Gasteiger partial charge in [0.05, 0.1) is 4.88 Å². The molecular formula is C20H21FN4O2S. The molecule has 4 rings (SSSR count). The van der Waals surface area contributed by atoms with Gasteiger partial charge < -0.3 is 5.32 Å². The summed E-state index contributed by atoms with van der Waals surface area (Å²) in [7, 11) is 0. The van der Waals surface area contributed by atoms with Gasteiger partial charge in [-0.3, -0.25) is 9.36 Å². The summed E-state index contributed by atoms with van der Waals surface area (Å²) in [4.78, 5) is 25.9. The Morgan fingerprint density at radius 2 is 2.07 bits per heavy atom. The topological polar surface area (TPSA) is 68.9 Å². The molecule has 0 saturated carbocycles. The molecule has 0 atom stereocenters. The Morgan fingerprint density at radius 3 is 2.89 bits per heavy atom. The summed E-state index contributed by atoms with van der Waals surface area (Å²) in [5.74, 6) is 0.369. The normalized spacial score (nSPS) is 13.3. The highest BCUT2D eigenvalue weighted by atomic mass is 32.1. The smallest absolute Gasteiger partial charge is 0.345 e. The lowest BCUT2D eigenvalue weighted by Crippen LogP contribution is -2.29. The number of carbonyl (C=O) groups is 1. The summed E-state index contributed by atoms with van der Waals surface area (Å²) in [6.07, 6.45) is 3.56. The van der Waals surface area contributed by atoms with Crippen LogP contribution in [0.1, 0.15) is 34.8 Å².